The molecule has 0 saturated carbocycles. The molecule has 0 unspecified atom stereocenters. The maximum Gasteiger partial charge on any atom is 0.418 e. The van der Waals surface area contributed by atoms with Crippen LogP contribution in [0.1, 0.15) is 23.6 Å². The Hall–Kier alpha value is -1.96. The third-order valence-corrected chi connectivity index (χ3v) is 4.94. The van der Waals surface area contributed by atoms with Gasteiger partial charge in [-0.3, -0.25) is 8.75 Å². The predicted octanol–water partition coefficient (Wildman–Crippen LogP) is 3.19. The van der Waals surface area contributed by atoms with Crippen molar-refractivity contribution in [2.24, 2.45) is 0 Å². The Labute approximate surface area is 152 Å². The van der Waals surface area contributed by atoms with Gasteiger partial charge in [0, 0.05) is 6.54 Å². The molecule has 1 aromatic heterocycles. The van der Waals surface area contributed by atoms with Crippen LogP contribution in [0.25, 0.3) is 0 Å². The summed E-state index contributed by atoms with van der Waals surface area (Å²) >= 11 is 0.985. The van der Waals surface area contributed by atoms with E-state index < -0.39 is 17.3 Å². The molecule has 0 aliphatic carbocycles. The zero-order chi connectivity index (χ0) is 17.3. The van der Waals surface area contributed by atoms with Crippen molar-refractivity contribution in [3.63, 3.8) is 0 Å². The highest BCUT2D eigenvalue weighted by Crippen LogP contribution is 2.37. The van der Waals surface area contributed by atoms with E-state index in [4.69, 9.17) is 0 Å². The predicted molar refractivity (Wildman–Crippen MR) is 94.9 cm³/mol. The quantitative estimate of drug-likeness (QED) is 0.847. The SMILES string of the molecule is N#Cc1c(Nc2ccccc2C(F)(F)F)sn([C@H]2CCNC2)c1=O.S. The van der Waals surface area contributed by atoms with Crippen molar-refractivity contribution in [3.8, 4) is 6.07 Å². The lowest BCUT2D eigenvalue weighted by molar-refractivity contribution is -0.136. The monoisotopic (exact) mass is 388 g/mol. The molecule has 1 aromatic carbocycles. The summed E-state index contributed by atoms with van der Waals surface area (Å²) in [5.74, 6) is 0. The van der Waals surface area contributed by atoms with E-state index in [1.807, 2.05) is 0 Å². The van der Waals surface area contributed by atoms with Crippen LogP contribution < -0.4 is 16.2 Å². The summed E-state index contributed by atoms with van der Waals surface area (Å²) in [6, 6.07) is 6.70. The lowest BCUT2D eigenvalue weighted by Crippen LogP contribution is -2.22. The third-order valence-electron chi connectivity index (χ3n) is 3.79. The molecule has 2 heterocycles. The molecule has 10 heteroatoms. The molecule has 1 fully saturated rings. The van der Waals surface area contributed by atoms with Gasteiger partial charge in [0.2, 0.25) is 0 Å². The van der Waals surface area contributed by atoms with Gasteiger partial charge in [-0.2, -0.15) is 31.9 Å². The zero-order valence-electron chi connectivity index (χ0n) is 12.9. The normalized spacial score (nSPS) is 17.0. The van der Waals surface area contributed by atoms with Gasteiger partial charge in [-0.15, -0.1) is 0 Å². The van der Waals surface area contributed by atoms with Gasteiger partial charge in [-0.25, -0.2) is 0 Å². The fraction of sp³-hybridized carbons (Fsp3) is 0.333. The van der Waals surface area contributed by atoms with Crippen LogP contribution in [-0.2, 0) is 6.18 Å². The minimum absolute atomic E-state index is 0. The Bertz CT molecular complexity index is 848. The van der Waals surface area contributed by atoms with Gasteiger partial charge in [0.25, 0.3) is 5.56 Å². The zero-order valence-corrected chi connectivity index (χ0v) is 14.7. The van der Waals surface area contributed by atoms with Gasteiger partial charge < -0.3 is 10.6 Å². The van der Waals surface area contributed by atoms with Crippen LogP contribution in [0.15, 0.2) is 29.1 Å². The molecule has 0 amide bonds. The summed E-state index contributed by atoms with van der Waals surface area (Å²) in [6.45, 7) is 1.36. The smallest absolute Gasteiger partial charge is 0.344 e. The second-order valence-corrected chi connectivity index (χ2v) is 6.34. The van der Waals surface area contributed by atoms with E-state index >= 15 is 0 Å². The molecule has 25 heavy (non-hydrogen) atoms. The van der Waals surface area contributed by atoms with Crippen molar-refractivity contribution in [2.75, 3.05) is 18.4 Å². The number of benzene rings is 1. The lowest BCUT2D eigenvalue weighted by atomic mass is 10.1. The number of anilines is 2. The van der Waals surface area contributed by atoms with Gasteiger partial charge in [-0.1, -0.05) is 12.1 Å². The number of hydrogen-bond donors (Lipinski definition) is 2. The van der Waals surface area contributed by atoms with Crippen molar-refractivity contribution in [1.82, 2.24) is 9.27 Å². The molecule has 1 aliphatic rings. The van der Waals surface area contributed by atoms with Crippen molar-refractivity contribution >= 4 is 35.7 Å². The third kappa shape index (κ3) is 3.84. The van der Waals surface area contributed by atoms with E-state index in [2.05, 4.69) is 10.6 Å². The average Bonchev–Trinajstić information content (AvgIpc) is 3.15. The molecule has 1 saturated heterocycles. The number of nitrogens with zero attached hydrogens (tertiary/aromatic N) is 2. The van der Waals surface area contributed by atoms with Crippen LogP contribution >= 0.6 is 25.0 Å². The number of hydrogen-bond acceptors (Lipinski definition) is 5. The molecule has 3 rings (SSSR count). The summed E-state index contributed by atoms with van der Waals surface area (Å²) in [6.07, 6.45) is -3.79. The maximum atomic E-state index is 13.1. The number of nitriles is 1. The molecule has 0 spiro atoms. The number of aromatic nitrogens is 1. The van der Waals surface area contributed by atoms with Crippen LogP contribution in [-0.4, -0.2) is 17.0 Å². The van der Waals surface area contributed by atoms with Crippen LogP contribution in [0.3, 0.4) is 0 Å². The molecular formula is C15H15F3N4OS2. The molecule has 0 radical (unpaired) electrons. The molecular weight excluding hydrogens is 373 g/mol. The van der Waals surface area contributed by atoms with Crippen molar-refractivity contribution < 1.29 is 13.2 Å². The highest BCUT2D eigenvalue weighted by molar-refractivity contribution is 7.59. The summed E-state index contributed by atoms with van der Waals surface area (Å²) < 4.78 is 40.7. The first-order valence-electron chi connectivity index (χ1n) is 7.21. The molecule has 5 nitrogen and oxygen atoms in total. The molecule has 134 valence electrons. The number of para-hydroxylation sites is 1. The summed E-state index contributed by atoms with van der Waals surface area (Å²) in [4.78, 5) is 12.3. The Balaban J connectivity index is 0.00000225. The fourth-order valence-corrected chi connectivity index (χ4v) is 3.70. The van der Waals surface area contributed by atoms with E-state index in [0.29, 0.717) is 6.54 Å². The Morgan fingerprint density at radius 1 is 1.36 bits per heavy atom. The van der Waals surface area contributed by atoms with Crippen LogP contribution in [0.2, 0.25) is 0 Å². The molecule has 0 bridgehead atoms. The van der Waals surface area contributed by atoms with E-state index in [1.165, 1.54) is 22.2 Å². The second kappa shape index (κ2) is 7.51. The number of nitrogens with one attached hydrogen (secondary N) is 2. The minimum atomic E-state index is -4.53. The lowest BCUT2D eigenvalue weighted by Gasteiger charge is -2.13. The highest BCUT2D eigenvalue weighted by atomic mass is 32.1. The first-order valence-corrected chi connectivity index (χ1v) is 7.99. The Kier molecular flexibility index (Phi) is 5.82. The van der Waals surface area contributed by atoms with Gasteiger partial charge in [0.05, 0.1) is 17.3 Å². The minimum Gasteiger partial charge on any atom is -0.344 e. The van der Waals surface area contributed by atoms with Crippen molar-refractivity contribution in [1.29, 1.82) is 5.26 Å². The standard InChI is InChI=1S/C15H13F3N4OS.H2S/c16-15(17,18)11-3-1-2-4-12(11)21-13-10(7-19)14(23)22(24-13)9-5-6-20-8-9;/h1-4,9,20-21H,5-6,8H2;1H2/t9-;/m0./s1. The Morgan fingerprint density at radius 2 is 2.08 bits per heavy atom. The molecule has 2 N–H and O–H groups in total. The summed E-state index contributed by atoms with van der Waals surface area (Å²) in [5, 5.41) is 15.1. The van der Waals surface area contributed by atoms with E-state index in [-0.39, 0.29) is 35.8 Å². The largest absolute Gasteiger partial charge is 0.418 e. The van der Waals surface area contributed by atoms with Crippen molar-refractivity contribution in [3.05, 3.63) is 45.7 Å². The van der Waals surface area contributed by atoms with Gasteiger partial charge in [0.15, 0.2) is 5.56 Å². The summed E-state index contributed by atoms with van der Waals surface area (Å²) in [5.41, 5.74) is -1.66. The molecule has 1 atom stereocenters. The maximum absolute atomic E-state index is 13.1. The van der Waals surface area contributed by atoms with E-state index in [0.717, 1.165) is 30.6 Å². The van der Waals surface area contributed by atoms with Crippen LogP contribution in [0, 0.1) is 11.3 Å². The van der Waals surface area contributed by atoms with Gasteiger partial charge in [-0.05, 0) is 36.6 Å². The first kappa shape index (κ1) is 19.4. The van der Waals surface area contributed by atoms with Gasteiger partial charge >= 0.3 is 6.18 Å². The average molecular weight is 388 g/mol. The van der Waals surface area contributed by atoms with E-state index in [1.54, 1.807) is 6.07 Å². The van der Waals surface area contributed by atoms with Crippen molar-refractivity contribution in [2.45, 2.75) is 18.6 Å². The highest BCUT2D eigenvalue weighted by Gasteiger charge is 2.34. The number of alkyl halides is 3. The molecule has 1 aliphatic heterocycles. The van der Waals surface area contributed by atoms with E-state index in [9.17, 15) is 23.2 Å². The molecule has 2 aromatic rings. The summed E-state index contributed by atoms with van der Waals surface area (Å²) in [7, 11) is 0. The Morgan fingerprint density at radius 3 is 2.68 bits per heavy atom. The van der Waals surface area contributed by atoms with Gasteiger partial charge in [0.1, 0.15) is 11.1 Å². The second-order valence-electron chi connectivity index (χ2n) is 5.35. The first-order chi connectivity index (χ1) is 11.4. The number of halogens is 3. The van der Waals surface area contributed by atoms with Crippen LogP contribution in [0.5, 0.6) is 0 Å². The topological polar surface area (TPSA) is 69.8 Å². The van der Waals surface area contributed by atoms with Crippen LogP contribution in [0.4, 0.5) is 23.9 Å². The number of rotatable bonds is 3. The fourth-order valence-electron chi connectivity index (χ4n) is 2.62.